The van der Waals surface area contributed by atoms with E-state index >= 15 is 0 Å². The molecule has 0 spiro atoms. The highest BCUT2D eigenvalue weighted by atomic mass is 19.1. The minimum Gasteiger partial charge on any atom is -0.330 e. The molecule has 2 N–H and O–H groups in total. The summed E-state index contributed by atoms with van der Waals surface area (Å²) in [6.45, 7) is 2.39. The highest BCUT2D eigenvalue weighted by molar-refractivity contribution is 5.80. The fraction of sp³-hybridized carbons (Fsp3) is 0.273. The molecule has 0 unspecified atom stereocenters. The van der Waals surface area contributed by atoms with Crippen molar-refractivity contribution in [2.75, 3.05) is 6.54 Å². The lowest BCUT2D eigenvalue weighted by molar-refractivity contribution is 0.629. The molecule has 1 heterocycles. The van der Waals surface area contributed by atoms with Crippen LogP contribution in [0.5, 0.6) is 0 Å². The normalized spacial score (nSPS) is 10.9. The van der Waals surface area contributed by atoms with E-state index < -0.39 is 0 Å². The molecule has 15 heavy (non-hydrogen) atoms. The van der Waals surface area contributed by atoms with Crippen LogP contribution in [-0.2, 0) is 6.42 Å². The first-order chi connectivity index (χ1) is 7.20. The minimum atomic E-state index is -0.278. The van der Waals surface area contributed by atoms with E-state index in [2.05, 4.69) is 9.97 Å². The Kier molecular flexibility index (Phi) is 2.60. The van der Waals surface area contributed by atoms with Crippen LogP contribution in [-0.4, -0.2) is 16.5 Å². The van der Waals surface area contributed by atoms with Gasteiger partial charge in [0.15, 0.2) is 0 Å². The van der Waals surface area contributed by atoms with E-state index in [0.717, 1.165) is 11.1 Å². The van der Waals surface area contributed by atoms with Crippen LogP contribution in [0.3, 0.4) is 0 Å². The Labute approximate surface area is 87.2 Å². The minimum absolute atomic E-state index is 0.278. The number of hydrogen-bond donors (Lipinski definition) is 1. The second-order valence-corrected chi connectivity index (χ2v) is 3.43. The molecule has 0 saturated carbocycles. The summed E-state index contributed by atoms with van der Waals surface area (Å²) in [4.78, 5) is 8.56. The second-order valence-electron chi connectivity index (χ2n) is 3.43. The number of benzene rings is 1. The SMILES string of the molecule is Cc1nc(CCN)nc2cc(F)ccc12. The van der Waals surface area contributed by atoms with Crippen molar-refractivity contribution in [1.82, 2.24) is 9.97 Å². The predicted molar refractivity (Wildman–Crippen MR) is 57.0 cm³/mol. The van der Waals surface area contributed by atoms with Gasteiger partial charge in [0.05, 0.1) is 5.52 Å². The Bertz CT molecular complexity index is 496. The number of fused-ring (bicyclic) bond motifs is 1. The summed E-state index contributed by atoms with van der Waals surface area (Å²) in [6, 6.07) is 4.54. The largest absolute Gasteiger partial charge is 0.330 e. The van der Waals surface area contributed by atoms with Crippen molar-refractivity contribution < 1.29 is 4.39 Å². The molecule has 1 aromatic carbocycles. The Morgan fingerprint density at radius 1 is 1.33 bits per heavy atom. The summed E-state index contributed by atoms with van der Waals surface area (Å²) in [5.74, 6) is 0.396. The fourth-order valence-corrected chi connectivity index (χ4v) is 1.56. The van der Waals surface area contributed by atoms with Crippen LogP contribution in [0, 0.1) is 12.7 Å². The zero-order valence-electron chi connectivity index (χ0n) is 8.50. The zero-order chi connectivity index (χ0) is 10.8. The average Bonchev–Trinajstić information content (AvgIpc) is 2.17. The van der Waals surface area contributed by atoms with E-state index in [1.807, 2.05) is 6.92 Å². The van der Waals surface area contributed by atoms with Gasteiger partial charge in [-0.25, -0.2) is 14.4 Å². The van der Waals surface area contributed by atoms with Gasteiger partial charge in [-0.1, -0.05) is 0 Å². The van der Waals surface area contributed by atoms with Gasteiger partial charge in [0.25, 0.3) is 0 Å². The predicted octanol–water partition coefficient (Wildman–Crippen LogP) is 1.58. The Balaban J connectivity index is 2.63. The first-order valence-electron chi connectivity index (χ1n) is 4.83. The molecule has 0 amide bonds. The van der Waals surface area contributed by atoms with Crippen molar-refractivity contribution in [3.05, 3.63) is 35.5 Å². The smallest absolute Gasteiger partial charge is 0.130 e. The quantitative estimate of drug-likeness (QED) is 0.809. The number of aromatic nitrogens is 2. The van der Waals surface area contributed by atoms with Crippen molar-refractivity contribution in [3.8, 4) is 0 Å². The Morgan fingerprint density at radius 3 is 2.87 bits per heavy atom. The van der Waals surface area contributed by atoms with Crippen molar-refractivity contribution in [2.24, 2.45) is 5.73 Å². The molecule has 0 atom stereocenters. The second kappa shape index (κ2) is 3.90. The molecule has 0 aliphatic rings. The summed E-state index contributed by atoms with van der Waals surface area (Å²) in [7, 11) is 0. The number of nitrogens with zero attached hydrogens (tertiary/aromatic N) is 2. The maximum atomic E-state index is 13.0. The number of rotatable bonds is 2. The van der Waals surface area contributed by atoms with Crippen LogP contribution in [0.15, 0.2) is 18.2 Å². The summed E-state index contributed by atoms with van der Waals surface area (Å²) < 4.78 is 13.0. The lowest BCUT2D eigenvalue weighted by Crippen LogP contribution is -2.07. The number of nitrogens with two attached hydrogens (primary N) is 1. The van der Waals surface area contributed by atoms with Crippen LogP contribution in [0.4, 0.5) is 4.39 Å². The summed E-state index contributed by atoms with van der Waals surface area (Å²) in [5, 5.41) is 0.886. The van der Waals surface area contributed by atoms with Gasteiger partial charge in [-0.2, -0.15) is 0 Å². The van der Waals surface area contributed by atoms with E-state index in [-0.39, 0.29) is 5.82 Å². The molecule has 0 aliphatic carbocycles. The summed E-state index contributed by atoms with van der Waals surface area (Å²) in [6.07, 6.45) is 0.618. The van der Waals surface area contributed by atoms with Crippen LogP contribution >= 0.6 is 0 Å². The van der Waals surface area contributed by atoms with Gasteiger partial charge >= 0.3 is 0 Å². The van der Waals surface area contributed by atoms with Crippen LogP contribution in [0.1, 0.15) is 11.5 Å². The lowest BCUT2D eigenvalue weighted by atomic mass is 10.2. The molecule has 2 aromatic rings. The van der Waals surface area contributed by atoms with Crippen molar-refractivity contribution in [2.45, 2.75) is 13.3 Å². The molecule has 78 valence electrons. The van der Waals surface area contributed by atoms with Gasteiger partial charge in [0.1, 0.15) is 11.6 Å². The highest BCUT2D eigenvalue weighted by Gasteiger charge is 2.04. The summed E-state index contributed by atoms with van der Waals surface area (Å²) >= 11 is 0. The third-order valence-corrected chi connectivity index (χ3v) is 2.26. The van der Waals surface area contributed by atoms with E-state index in [4.69, 9.17) is 5.73 Å². The molecule has 0 fully saturated rings. The zero-order valence-corrected chi connectivity index (χ0v) is 8.50. The Morgan fingerprint density at radius 2 is 2.13 bits per heavy atom. The first-order valence-corrected chi connectivity index (χ1v) is 4.83. The molecule has 2 rings (SSSR count). The maximum absolute atomic E-state index is 13.0. The maximum Gasteiger partial charge on any atom is 0.130 e. The van der Waals surface area contributed by atoms with Gasteiger partial charge < -0.3 is 5.73 Å². The van der Waals surface area contributed by atoms with Crippen molar-refractivity contribution >= 4 is 10.9 Å². The van der Waals surface area contributed by atoms with Crippen LogP contribution < -0.4 is 5.73 Å². The summed E-state index contributed by atoms with van der Waals surface area (Å²) in [5.41, 5.74) is 6.94. The van der Waals surface area contributed by atoms with E-state index in [1.54, 1.807) is 6.07 Å². The number of hydrogen-bond acceptors (Lipinski definition) is 3. The molecule has 4 heteroatoms. The standard InChI is InChI=1S/C11H12FN3/c1-7-9-3-2-8(12)6-10(9)15-11(14-7)4-5-13/h2-3,6H,4-5,13H2,1H3. The van der Waals surface area contributed by atoms with Gasteiger partial charge in [0.2, 0.25) is 0 Å². The van der Waals surface area contributed by atoms with Gasteiger partial charge in [-0.05, 0) is 25.6 Å². The van der Waals surface area contributed by atoms with Gasteiger partial charge in [0, 0.05) is 23.6 Å². The van der Waals surface area contributed by atoms with Crippen LogP contribution in [0.25, 0.3) is 10.9 Å². The third-order valence-electron chi connectivity index (χ3n) is 2.26. The average molecular weight is 205 g/mol. The lowest BCUT2D eigenvalue weighted by Gasteiger charge is -2.04. The molecule has 1 aromatic heterocycles. The van der Waals surface area contributed by atoms with Gasteiger partial charge in [-0.3, -0.25) is 0 Å². The number of aryl methyl sites for hydroxylation is 1. The Hall–Kier alpha value is -1.55. The number of halogens is 1. The van der Waals surface area contributed by atoms with E-state index in [9.17, 15) is 4.39 Å². The first kappa shape index (κ1) is 9.98. The van der Waals surface area contributed by atoms with Crippen LogP contribution in [0.2, 0.25) is 0 Å². The molecule has 0 radical (unpaired) electrons. The molecule has 0 bridgehead atoms. The monoisotopic (exact) mass is 205 g/mol. The molecule has 0 saturated heterocycles. The fourth-order valence-electron chi connectivity index (χ4n) is 1.56. The molecular weight excluding hydrogens is 193 g/mol. The van der Waals surface area contributed by atoms with E-state index in [1.165, 1.54) is 12.1 Å². The third kappa shape index (κ3) is 1.94. The van der Waals surface area contributed by atoms with Crippen molar-refractivity contribution in [3.63, 3.8) is 0 Å². The van der Waals surface area contributed by atoms with Gasteiger partial charge in [-0.15, -0.1) is 0 Å². The topological polar surface area (TPSA) is 51.8 Å². The molecular formula is C11H12FN3. The highest BCUT2D eigenvalue weighted by Crippen LogP contribution is 2.16. The van der Waals surface area contributed by atoms with E-state index in [0.29, 0.717) is 24.3 Å². The molecule has 0 aliphatic heterocycles. The van der Waals surface area contributed by atoms with Crippen molar-refractivity contribution in [1.29, 1.82) is 0 Å². The molecule has 3 nitrogen and oxygen atoms in total.